The molecule has 0 aromatic heterocycles. The van der Waals surface area contributed by atoms with Gasteiger partial charge in [0.25, 0.3) is 5.97 Å². The van der Waals surface area contributed by atoms with Crippen molar-refractivity contribution >= 4 is 0 Å². The van der Waals surface area contributed by atoms with Crippen molar-refractivity contribution in [2.75, 3.05) is 19.8 Å². The Hall–Kier alpha value is -0.120. The SMILES string of the molecule is CCCCCCCCCC(OCC(C)C)(OCC(C)C)OCC(C)C. The van der Waals surface area contributed by atoms with Gasteiger partial charge in [0.1, 0.15) is 0 Å². The van der Waals surface area contributed by atoms with Gasteiger partial charge in [0, 0.05) is 6.42 Å². The largest absolute Gasteiger partial charge is 0.327 e. The van der Waals surface area contributed by atoms with Gasteiger partial charge in [0.15, 0.2) is 0 Å². The lowest BCUT2D eigenvalue weighted by Crippen LogP contribution is -2.42. The maximum atomic E-state index is 6.19. The Balaban J connectivity index is 4.60. The minimum absolute atomic E-state index is 0.471. The second kappa shape index (κ2) is 15.0. The lowest BCUT2D eigenvalue weighted by molar-refractivity contribution is -0.390. The summed E-state index contributed by atoms with van der Waals surface area (Å²) >= 11 is 0. The van der Waals surface area contributed by atoms with Crippen LogP contribution in [0.4, 0.5) is 0 Å². The Bertz CT molecular complexity index is 256. The number of rotatable bonds is 17. The van der Waals surface area contributed by atoms with Crippen molar-refractivity contribution in [1.29, 1.82) is 0 Å². The van der Waals surface area contributed by atoms with E-state index in [-0.39, 0.29) is 0 Å². The van der Waals surface area contributed by atoms with Crippen molar-refractivity contribution in [3.8, 4) is 0 Å². The molecule has 0 aliphatic carbocycles. The highest BCUT2D eigenvalue weighted by Crippen LogP contribution is 2.26. The predicted molar refractivity (Wildman–Crippen MR) is 108 cm³/mol. The summed E-state index contributed by atoms with van der Waals surface area (Å²) in [5.74, 6) is 0.554. The van der Waals surface area contributed by atoms with Crippen LogP contribution in [0.5, 0.6) is 0 Å². The average Bonchev–Trinajstić information content (AvgIpc) is 2.54. The van der Waals surface area contributed by atoms with Gasteiger partial charge in [0.2, 0.25) is 0 Å². The number of ether oxygens (including phenoxy) is 3. The van der Waals surface area contributed by atoms with E-state index in [1.54, 1.807) is 0 Å². The molecule has 0 N–H and O–H groups in total. The summed E-state index contributed by atoms with van der Waals surface area (Å²) in [6.07, 6.45) is 9.82. The summed E-state index contributed by atoms with van der Waals surface area (Å²) < 4.78 is 18.6. The second-order valence-corrected chi connectivity index (χ2v) is 8.67. The van der Waals surface area contributed by atoms with Gasteiger partial charge in [-0.25, -0.2) is 0 Å². The van der Waals surface area contributed by atoms with Gasteiger partial charge in [-0.2, -0.15) is 0 Å². The normalized spacial score (nSPS) is 12.7. The van der Waals surface area contributed by atoms with Crippen molar-refractivity contribution in [2.24, 2.45) is 17.8 Å². The quantitative estimate of drug-likeness (QED) is 0.211. The van der Waals surface area contributed by atoms with Crippen molar-refractivity contribution in [1.82, 2.24) is 0 Å². The van der Waals surface area contributed by atoms with E-state index in [1.807, 2.05) is 0 Å². The third kappa shape index (κ3) is 14.7. The molecule has 25 heavy (non-hydrogen) atoms. The molecule has 0 saturated heterocycles. The van der Waals surface area contributed by atoms with Crippen LogP contribution in [0.2, 0.25) is 0 Å². The van der Waals surface area contributed by atoms with E-state index in [2.05, 4.69) is 48.5 Å². The summed E-state index contributed by atoms with van der Waals surface area (Å²) in [4.78, 5) is 0. The van der Waals surface area contributed by atoms with Crippen molar-refractivity contribution in [3.05, 3.63) is 0 Å². The highest BCUT2D eigenvalue weighted by Gasteiger charge is 2.34. The van der Waals surface area contributed by atoms with E-state index < -0.39 is 5.97 Å². The Kier molecular flexibility index (Phi) is 14.9. The molecular weight excluding hydrogens is 312 g/mol. The summed E-state index contributed by atoms with van der Waals surface area (Å²) in [7, 11) is 0. The number of unbranched alkanes of at least 4 members (excludes halogenated alkanes) is 6. The van der Waals surface area contributed by atoms with E-state index in [0.717, 1.165) is 12.8 Å². The van der Waals surface area contributed by atoms with Crippen LogP contribution >= 0.6 is 0 Å². The maximum absolute atomic E-state index is 6.19. The minimum Gasteiger partial charge on any atom is -0.327 e. The van der Waals surface area contributed by atoms with E-state index >= 15 is 0 Å². The van der Waals surface area contributed by atoms with Crippen molar-refractivity contribution in [2.45, 2.75) is 106 Å². The Labute approximate surface area is 158 Å². The number of hydrogen-bond acceptors (Lipinski definition) is 3. The van der Waals surface area contributed by atoms with Crippen LogP contribution in [-0.2, 0) is 14.2 Å². The lowest BCUT2D eigenvalue weighted by atomic mass is 10.1. The van der Waals surface area contributed by atoms with Gasteiger partial charge < -0.3 is 14.2 Å². The summed E-state index contributed by atoms with van der Waals surface area (Å²) in [5, 5.41) is 0. The molecule has 0 rings (SSSR count). The first kappa shape index (κ1) is 24.9. The van der Waals surface area contributed by atoms with Crippen LogP contribution in [0.15, 0.2) is 0 Å². The Morgan fingerprint density at radius 2 is 0.920 bits per heavy atom. The maximum Gasteiger partial charge on any atom is 0.282 e. The first-order chi connectivity index (χ1) is 11.8. The second-order valence-electron chi connectivity index (χ2n) is 8.67. The topological polar surface area (TPSA) is 27.7 Å². The van der Waals surface area contributed by atoms with Gasteiger partial charge in [-0.3, -0.25) is 0 Å². The first-order valence-electron chi connectivity index (χ1n) is 10.7. The van der Waals surface area contributed by atoms with Gasteiger partial charge >= 0.3 is 0 Å². The van der Waals surface area contributed by atoms with Crippen LogP contribution in [0.1, 0.15) is 99.8 Å². The fourth-order valence-corrected chi connectivity index (χ4v) is 2.52. The van der Waals surface area contributed by atoms with E-state index in [1.165, 1.54) is 38.5 Å². The van der Waals surface area contributed by atoms with Crippen LogP contribution in [0.25, 0.3) is 0 Å². The molecule has 0 aliphatic heterocycles. The van der Waals surface area contributed by atoms with Crippen molar-refractivity contribution in [3.63, 3.8) is 0 Å². The van der Waals surface area contributed by atoms with Crippen LogP contribution in [0.3, 0.4) is 0 Å². The Morgan fingerprint density at radius 3 is 1.28 bits per heavy atom. The molecule has 0 atom stereocenters. The van der Waals surface area contributed by atoms with Crippen LogP contribution < -0.4 is 0 Å². The molecule has 3 nitrogen and oxygen atoms in total. The summed E-state index contributed by atoms with van der Waals surface area (Å²) in [5.41, 5.74) is 0. The highest BCUT2D eigenvalue weighted by atomic mass is 16.9. The van der Waals surface area contributed by atoms with Crippen molar-refractivity contribution < 1.29 is 14.2 Å². The summed E-state index contributed by atoms with van der Waals surface area (Å²) in [6, 6.07) is 0. The monoisotopic (exact) mass is 358 g/mol. The smallest absolute Gasteiger partial charge is 0.282 e. The molecule has 0 unspecified atom stereocenters. The van der Waals surface area contributed by atoms with E-state index in [9.17, 15) is 0 Å². The van der Waals surface area contributed by atoms with Gasteiger partial charge in [-0.1, -0.05) is 87.0 Å². The lowest BCUT2D eigenvalue weighted by Gasteiger charge is -2.35. The molecule has 0 radical (unpaired) electrons. The predicted octanol–water partition coefficient (Wildman–Crippen LogP) is 6.80. The fourth-order valence-electron chi connectivity index (χ4n) is 2.52. The standard InChI is InChI=1S/C22H46O3/c1-8-9-10-11-12-13-14-15-22(23-16-19(2)3,24-17-20(4)5)25-18-21(6)7/h19-21H,8-18H2,1-7H3. The molecule has 0 saturated carbocycles. The molecule has 0 spiro atoms. The molecule has 0 heterocycles. The molecule has 0 amide bonds. The average molecular weight is 359 g/mol. The number of hydrogen-bond donors (Lipinski definition) is 0. The molecule has 0 bridgehead atoms. The zero-order valence-corrected chi connectivity index (χ0v) is 18.2. The molecule has 0 aromatic carbocycles. The highest BCUT2D eigenvalue weighted by molar-refractivity contribution is 4.63. The molecule has 0 aromatic rings. The molecule has 0 aliphatic rings. The van der Waals surface area contributed by atoms with Gasteiger partial charge in [-0.15, -0.1) is 0 Å². The zero-order valence-electron chi connectivity index (χ0n) is 18.2. The third-order valence-corrected chi connectivity index (χ3v) is 4.00. The minimum atomic E-state index is -0.859. The fraction of sp³-hybridized carbons (Fsp3) is 1.00. The Morgan fingerprint density at radius 1 is 0.560 bits per heavy atom. The van der Waals surface area contributed by atoms with E-state index in [0.29, 0.717) is 37.6 Å². The molecular formula is C22H46O3. The van der Waals surface area contributed by atoms with Gasteiger partial charge in [0.05, 0.1) is 19.8 Å². The third-order valence-electron chi connectivity index (χ3n) is 4.00. The van der Waals surface area contributed by atoms with Crippen LogP contribution in [0, 0.1) is 17.8 Å². The molecule has 3 heteroatoms. The zero-order chi connectivity index (χ0) is 19.1. The summed E-state index contributed by atoms with van der Waals surface area (Å²) in [6.45, 7) is 17.3. The first-order valence-corrected chi connectivity index (χ1v) is 10.7. The van der Waals surface area contributed by atoms with Gasteiger partial charge in [-0.05, 0) is 24.2 Å². The molecule has 0 fully saturated rings. The molecule has 152 valence electrons. The van der Waals surface area contributed by atoms with Crippen LogP contribution in [-0.4, -0.2) is 25.8 Å². The van der Waals surface area contributed by atoms with E-state index in [4.69, 9.17) is 14.2 Å².